The monoisotopic (exact) mass is 1170 g/mol. The Bertz CT molecular complexity index is 6160. The third-order valence-electron chi connectivity index (χ3n) is 19.0. The fraction of sp³-hybridized carbons (Fsp3) is 0. The molecule has 14 aromatic carbocycles. The molecule has 0 bridgehead atoms. The number of aromatic nitrogens is 6. The number of rotatable bonds is 9. The highest BCUT2D eigenvalue weighted by molar-refractivity contribution is 6.15. The highest BCUT2D eigenvalue weighted by Crippen LogP contribution is 2.42. The second-order valence-corrected chi connectivity index (χ2v) is 24.1. The normalized spacial score (nSPS) is 11.9. The van der Waals surface area contributed by atoms with Gasteiger partial charge in [-0.05, 0) is 149 Å². The average Bonchev–Trinajstić information content (AvgIpc) is 1.64. The van der Waals surface area contributed by atoms with Crippen molar-refractivity contribution in [1.82, 2.24) is 28.2 Å². The molecule has 0 radical (unpaired) electrons. The Labute approximate surface area is 529 Å². The highest BCUT2D eigenvalue weighted by Gasteiger charge is 2.21. The fourth-order valence-corrected chi connectivity index (χ4v) is 14.7. The van der Waals surface area contributed by atoms with Gasteiger partial charge in [0, 0.05) is 82.4 Å². The molecule has 6 heteroatoms. The zero-order valence-electron chi connectivity index (χ0n) is 49.9. The number of hydrogen-bond acceptors (Lipinski definition) is 2. The topological polar surface area (TPSA) is 45.5 Å². The molecule has 0 unspecified atom stereocenters. The van der Waals surface area contributed by atoms with Crippen molar-refractivity contribution in [3.63, 3.8) is 0 Å². The summed E-state index contributed by atoms with van der Waals surface area (Å²) in [7, 11) is 0. The van der Waals surface area contributed by atoms with Crippen LogP contribution in [0.2, 0.25) is 0 Å². The summed E-state index contributed by atoms with van der Waals surface area (Å²) in [4.78, 5) is 10.6. The number of benzene rings is 14. The van der Waals surface area contributed by atoms with Crippen LogP contribution in [-0.2, 0) is 0 Å². The van der Waals surface area contributed by atoms with Crippen molar-refractivity contribution in [2.24, 2.45) is 0 Å². The van der Waals surface area contributed by atoms with Gasteiger partial charge >= 0.3 is 0 Å². The summed E-state index contributed by atoms with van der Waals surface area (Å²) in [5.74, 6) is 0.685. The fourth-order valence-electron chi connectivity index (χ4n) is 14.7. The SMILES string of the molecule is c1ccc(-n2c3ccccc3c3ccc(-c4ccc5c(c4)c4ccccc4n5-c4ccc(-c5nc(-c6ccc(-c7cccc(-n8c9ccccc9c9cc(-c%10ccc%11c%12ccccc%12n(-c%12ccccc%12)c%11c%10)ccc98)c7)cc6)nc6ccccc56)cc4)cc32)cc1. The Morgan fingerprint density at radius 2 is 0.522 bits per heavy atom. The largest absolute Gasteiger partial charge is 0.309 e. The molecule has 0 aliphatic rings. The van der Waals surface area contributed by atoms with E-state index in [4.69, 9.17) is 9.97 Å². The van der Waals surface area contributed by atoms with E-state index in [0.717, 1.165) is 78.2 Å². The van der Waals surface area contributed by atoms with E-state index in [2.05, 4.69) is 346 Å². The predicted molar refractivity (Wildman–Crippen MR) is 384 cm³/mol. The molecule has 19 rings (SSSR count). The van der Waals surface area contributed by atoms with E-state index in [-0.39, 0.29) is 0 Å². The Hall–Kier alpha value is -12.4. The van der Waals surface area contributed by atoms with E-state index in [1.807, 2.05) is 0 Å². The van der Waals surface area contributed by atoms with E-state index in [0.29, 0.717) is 5.82 Å². The molecule has 0 aliphatic heterocycles. The molecular formula is C86H54N6. The van der Waals surface area contributed by atoms with Crippen LogP contribution in [0.3, 0.4) is 0 Å². The van der Waals surface area contributed by atoms with Gasteiger partial charge in [-0.2, -0.15) is 0 Å². The maximum atomic E-state index is 5.37. The summed E-state index contributed by atoms with van der Waals surface area (Å²) in [6.45, 7) is 0. The van der Waals surface area contributed by atoms with Crippen LogP contribution in [0.4, 0.5) is 0 Å². The van der Waals surface area contributed by atoms with Crippen molar-refractivity contribution >= 4 is 98.1 Å². The first-order valence-electron chi connectivity index (χ1n) is 31.5. The van der Waals surface area contributed by atoms with Gasteiger partial charge in [-0.1, -0.05) is 212 Å². The molecule has 0 saturated carbocycles. The maximum Gasteiger partial charge on any atom is 0.160 e. The molecule has 0 amide bonds. The molecule has 0 spiro atoms. The van der Waals surface area contributed by atoms with Gasteiger partial charge in [0.25, 0.3) is 0 Å². The molecule has 0 atom stereocenters. The molecule has 0 N–H and O–H groups in total. The van der Waals surface area contributed by atoms with Gasteiger partial charge in [0.15, 0.2) is 5.82 Å². The van der Waals surface area contributed by atoms with E-state index in [1.165, 1.54) is 92.9 Å². The molecule has 6 nitrogen and oxygen atoms in total. The van der Waals surface area contributed by atoms with Gasteiger partial charge in [0.2, 0.25) is 0 Å². The Morgan fingerprint density at radius 1 is 0.174 bits per heavy atom. The average molecular weight is 1170 g/mol. The summed E-state index contributed by atoms with van der Waals surface area (Å²) in [5, 5.41) is 10.9. The molecule has 92 heavy (non-hydrogen) atoms. The third kappa shape index (κ3) is 8.14. The van der Waals surface area contributed by atoms with Crippen molar-refractivity contribution in [1.29, 1.82) is 0 Å². The minimum Gasteiger partial charge on any atom is -0.309 e. The van der Waals surface area contributed by atoms with E-state index >= 15 is 0 Å². The summed E-state index contributed by atoms with van der Waals surface area (Å²) < 4.78 is 9.58. The van der Waals surface area contributed by atoms with Crippen molar-refractivity contribution in [2.45, 2.75) is 0 Å². The van der Waals surface area contributed by atoms with Crippen molar-refractivity contribution < 1.29 is 0 Å². The van der Waals surface area contributed by atoms with Crippen LogP contribution in [0.25, 0.3) is 177 Å². The van der Waals surface area contributed by atoms with Crippen LogP contribution in [0, 0.1) is 0 Å². The maximum absolute atomic E-state index is 5.37. The number of fused-ring (bicyclic) bond motifs is 13. The van der Waals surface area contributed by atoms with Crippen LogP contribution in [0.5, 0.6) is 0 Å². The van der Waals surface area contributed by atoms with Crippen LogP contribution < -0.4 is 0 Å². The summed E-state index contributed by atoms with van der Waals surface area (Å²) >= 11 is 0. The molecule has 5 aromatic heterocycles. The quantitative estimate of drug-likeness (QED) is 0.145. The van der Waals surface area contributed by atoms with Gasteiger partial charge < -0.3 is 18.3 Å². The lowest BCUT2D eigenvalue weighted by Crippen LogP contribution is -1.97. The van der Waals surface area contributed by atoms with E-state index < -0.39 is 0 Å². The lowest BCUT2D eigenvalue weighted by atomic mass is 10.0. The third-order valence-corrected chi connectivity index (χ3v) is 19.0. The number of hydrogen-bond donors (Lipinski definition) is 0. The van der Waals surface area contributed by atoms with Crippen LogP contribution >= 0.6 is 0 Å². The molecule has 5 heterocycles. The first-order valence-corrected chi connectivity index (χ1v) is 31.5. The van der Waals surface area contributed by atoms with E-state index in [1.54, 1.807) is 0 Å². The molecule has 428 valence electrons. The Morgan fingerprint density at radius 3 is 1.05 bits per heavy atom. The lowest BCUT2D eigenvalue weighted by Gasteiger charge is -2.13. The smallest absolute Gasteiger partial charge is 0.160 e. The van der Waals surface area contributed by atoms with Crippen LogP contribution in [0.1, 0.15) is 0 Å². The molecular weight excluding hydrogens is 1120 g/mol. The van der Waals surface area contributed by atoms with Gasteiger partial charge in [-0.3, -0.25) is 0 Å². The summed E-state index contributed by atoms with van der Waals surface area (Å²) in [6, 6.07) is 119. The first-order chi connectivity index (χ1) is 45.6. The van der Waals surface area contributed by atoms with Crippen LogP contribution in [0.15, 0.2) is 328 Å². The standard InChI is InChI=1S/C86H54N6/c1-3-19-63(20-4-1)90-77-30-13-8-24-67(77)71-46-40-61(53-83(71)90)59-42-48-81-74(51-59)69-26-10-15-32-79(69)89(81)65-44-38-56(39-45-65)85-73-28-7-12-29-76(73)87-86(88-85)57-36-34-55(35-37-57)58-18-17-23-66(50-58)92-80-33-16-11-27-70(80)75-52-60(43-49-82(75)92)62-41-47-72-68-25-9-14-31-78(68)91(84(72)54-62)64-21-5-2-6-22-64/h1-54H. The van der Waals surface area contributed by atoms with E-state index in [9.17, 15) is 0 Å². The van der Waals surface area contributed by atoms with Gasteiger partial charge in [0.05, 0.1) is 55.3 Å². The first kappa shape index (κ1) is 51.6. The minimum atomic E-state index is 0.685. The van der Waals surface area contributed by atoms with Gasteiger partial charge in [0.1, 0.15) is 0 Å². The zero-order valence-corrected chi connectivity index (χ0v) is 49.9. The molecule has 0 aliphatic carbocycles. The minimum absolute atomic E-state index is 0.685. The summed E-state index contributed by atoms with van der Waals surface area (Å²) in [5.41, 5.74) is 24.7. The number of nitrogens with zero attached hydrogens (tertiary/aromatic N) is 6. The Kier molecular flexibility index (Phi) is 11.6. The van der Waals surface area contributed by atoms with Crippen molar-refractivity contribution in [2.75, 3.05) is 0 Å². The molecule has 0 fully saturated rings. The molecule has 19 aromatic rings. The van der Waals surface area contributed by atoms with Gasteiger partial charge in [-0.15, -0.1) is 0 Å². The predicted octanol–water partition coefficient (Wildman–Crippen LogP) is 22.4. The molecule has 0 saturated heterocycles. The lowest BCUT2D eigenvalue weighted by molar-refractivity contribution is 1.18. The van der Waals surface area contributed by atoms with Crippen molar-refractivity contribution in [3.05, 3.63) is 328 Å². The zero-order chi connectivity index (χ0) is 60.4. The number of para-hydroxylation sites is 7. The Balaban J connectivity index is 0.636. The second kappa shape index (κ2) is 20.6. The van der Waals surface area contributed by atoms with Crippen LogP contribution in [-0.4, -0.2) is 28.2 Å². The van der Waals surface area contributed by atoms with Crippen molar-refractivity contribution in [3.8, 4) is 78.8 Å². The second-order valence-electron chi connectivity index (χ2n) is 24.1. The highest BCUT2D eigenvalue weighted by atomic mass is 15.0. The van der Waals surface area contributed by atoms with Gasteiger partial charge in [-0.25, -0.2) is 9.97 Å². The summed E-state index contributed by atoms with van der Waals surface area (Å²) in [6.07, 6.45) is 0.